The summed E-state index contributed by atoms with van der Waals surface area (Å²) in [6.45, 7) is 3.72. The molecule has 0 atom stereocenters. The van der Waals surface area contributed by atoms with Gasteiger partial charge in [0.2, 0.25) is 0 Å². The first kappa shape index (κ1) is 26.0. The predicted molar refractivity (Wildman–Crippen MR) is 130 cm³/mol. The van der Waals surface area contributed by atoms with Gasteiger partial charge in [0, 0.05) is 5.56 Å². The standard InChI is InChI=1S/C26H21ClF3N3O4/c1-15(2)24-22(33(32-31-24)21-5-3-4-6-23(21)37-26(28,29)30)14-36-18-11-12-19(20(27)13-18)16-7-9-17(10-8-16)25(34)35/h3-13,15H,14H2,1-2H3,(H,34,35). The van der Waals surface area contributed by atoms with E-state index >= 15 is 0 Å². The van der Waals surface area contributed by atoms with E-state index in [0.717, 1.165) is 5.56 Å². The van der Waals surface area contributed by atoms with E-state index in [1.54, 1.807) is 36.4 Å². The molecule has 4 aromatic rings. The topological polar surface area (TPSA) is 86.5 Å². The van der Waals surface area contributed by atoms with Crippen molar-refractivity contribution in [2.45, 2.75) is 32.7 Å². The smallest absolute Gasteiger partial charge is 0.487 e. The Bertz CT molecular complexity index is 1420. The number of aromatic nitrogens is 3. The van der Waals surface area contributed by atoms with Gasteiger partial charge in [-0.3, -0.25) is 0 Å². The third kappa shape index (κ3) is 6.03. The van der Waals surface area contributed by atoms with Crippen molar-refractivity contribution in [2.24, 2.45) is 0 Å². The highest BCUT2D eigenvalue weighted by molar-refractivity contribution is 6.33. The fourth-order valence-corrected chi connectivity index (χ4v) is 3.98. The summed E-state index contributed by atoms with van der Waals surface area (Å²) in [4.78, 5) is 11.1. The number of halogens is 4. The van der Waals surface area contributed by atoms with Gasteiger partial charge in [-0.15, -0.1) is 18.3 Å². The summed E-state index contributed by atoms with van der Waals surface area (Å²) in [7, 11) is 0. The van der Waals surface area contributed by atoms with Crippen molar-refractivity contribution < 1.29 is 32.5 Å². The van der Waals surface area contributed by atoms with Crippen molar-refractivity contribution in [3.8, 4) is 28.3 Å². The number of alkyl halides is 3. The van der Waals surface area contributed by atoms with E-state index in [9.17, 15) is 18.0 Å². The Kier molecular flexibility index (Phi) is 7.40. The number of rotatable bonds is 8. The summed E-state index contributed by atoms with van der Waals surface area (Å²) in [6.07, 6.45) is -4.87. The van der Waals surface area contributed by atoms with Gasteiger partial charge in [-0.1, -0.05) is 54.9 Å². The second kappa shape index (κ2) is 10.5. The number of para-hydroxylation sites is 2. The zero-order chi connectivity index (χ0) is 26.7. The number of carboxylic acid groups (broad SMARTS) is 1. The zero-order valence-corrected chi connectivity index (χ0v) is 20.4. The molecule has 0 unspecified atom stereocenters. The zero-order valence-electron chi connectivity index (χ0n) is 19.7. The number of hydrogen-bond acceptors (Lipinski definition) is 5. The highest BCUT2D eigenvalue weighted by Crippen LogP contribution is 2.33. The molecule has 1 heterocycles. The highest BCUT2D eigenvalue weighted by Gasteiger charge is 2.33. The molecule has 0 spiro atoms. The minimum absolute atomic E-state index is 0.0517. The molecule has 0 saturated heterocycles. The fourth-order valence-electron chi connectivity index (χ4n) is 3.70. The maximum Gasteiger partial charge on any atom is 0.573 e. The molecule has 0 fully saturated rings. The van der Waals surface area contributed by atoms with E-state index in [1.165, 1.54) is 35.0 Å². The average molecular weight is 532 g/mol. The summed E-state index contributed by atoms with van der Waals surface area (Å²) in [5, 5.41) is 17.7. The van der Waals surface area contributed by atoms with Crippen molar-refractivity contribution in [2.75, 3.05) is 0 Å². The van der Waals surface area contributed by atoms with Gasteiger partial charge in [-0.05, 0) is 53.9 Å². The van der Waals surface area contributed by atoms with Crippen LogP contribution < -0.4 is 9.47 Å². The van der Waals surface area contributed by atoms with Crippen LogP contribution in [0, 0.1) is 0 Å². The summed E-state index contributed by atoms with van der Waals surface area (Å²) in [5.74, 6) is -1.11. The van der Waals surface area contributed by atoms with Gasteiger partial charge in [-0.2, -0.15) is 0 Å². The number of benzene rings is 3. The van der Waals surface area contributed by atoms with Crippen molar-refractivity contribution >= 4 is 17.6 Å². The third-order valence-corrected chi connectivity index (χ3v) is 5.73. The van der Waals surface area contributed by atoms with Crippen LogP contribution in [-0.2, 0) is 6.61 Å². The molecule has 7 nitrogen and oxygen atoms in total. The van der Waals surface area contributed by atoms with Crippen LogP contribution >= 0.6 is 11.6 Å². The van der Waals surface area contributed by atoms with Gasteiger partial charge in [0.25, 0.3) is 0 Å². The lowest BCUT2D eigenvalue weighted by Crippen LogP contribution is -2.19. The molecular weight excluding hydrogens is 511 g/mol. The first-order chi connectivity index (χ1) is 17.5. The molecule has 37 heavy (non-hydrogen) atoms. The Morgan fingerprint density at radius 3 is 2.41 bits per heavy atom. The van der Waals surface area contributed by atoms with E-state index in [0.29, 0.717) is 27.7 Å². The molecule has 1 N–H and O–H groups in total. The molecule has 0 amide bonds. The number of carbonyl (C=O) groups is 1. The van der Waals surface area contributed by atoms with Crippen LogP contribution in [0.4, 0.5) is 13.2 Å². The van der Waals surface area contributed by atoms with E-state index in [4.69, 9.17) is 21.4 Å². The Labute approximate surface area is 215 Å². The molecule has 11 heteroatoms. The van der Waals surface area contributed by atoms with Crippen LogP contribution in [0.3, 0.4) is 0 Å². The van der Waals surface area contributed by atoms with Crippen molar-refractivity contribution in [1.29, 1.82) is 0 Å². The SMILES string of the molecule is CC(C)c1nnn(-c2ccccc2OC(F)(F)F)c1COc1ccc(-c2ccc(C(=O)O)cc2)c(Cl)c1. The average Bonchev–Trinajstić information content (AvgIpc) is 3.26. The minimum Gasteiger partial charge on any atom is -0.487 e. The molecule has 1 aromatic heterocycles. The molecule has 192 valence electrons. The molecule has 3 aromatic carbocycles. The largest absolute Gasteiger partial charge is 0.573 e. The molecule has 0 saturated carbocycles. The summed E-state index contributed by atoms with van der Waals surface area (Å²) in [5.41, 5.74) is 2.65. The molecule has 4 rings (SSSR count). The first-order valence-electron chi connectivity index (χ1n) is 11.1. The van der Waals surface area contributed by atoms with Gasteiger partial charge >= 0.3 is 12.3 Å². The Hall–Kier alpha value is -4.05. The van der Waals surface area contributed by atoms with Crippen LogP contribution in [-0.4, -0.2) is 32.4 Å². The van der Waals surface area contributed by atoms with E-state index in [1.807, 2.05) is 13.8 Å². The van der Waals surface area contributed by atoms with Crippen LogP contribution in [0.25, 0.3) is 16.8 Å². The second-order valence-electron chi connectivity index (χ2n) is 8.32. The van der Waals surface area contributed by atoms with Gasteiger partial charge in [0.15, 0.2) is 5.75 Å². The molecular formula is C26H21ClF3N3O4. The first-order valence-corrected chi connectivity index (χ1v) is 11.5. The van der Waals surface area contributed by atoms with Gasteiger partial charge < -0.3 is 14.6 Å². The number of aromatic carboxylic acids is 1. The highest BCUT2D eigenvalue weighted by atomic mass is 35.5. The lowest BCUT2D eigenvalue weighted by molar-refractivity contribution is -0.274. The van der Waals surface area contributed by atoms with Gasteiger partial charge in [-0.25, -0.2) is 9.48 Å². The maximum atomic E-state index is 13.0. The lowest BCUT2D eigenvalue weighted by Gasteiger charge is -2.16. The Morgan fingerprint density at radius 1 is 1.08 bits per heavy atom. The molecule has 0 radical (unpaired) electrons. The van der Waals surface area contributed by atoms with E-state index < -0.39 is 18.1 Å². The summed E-state index contributed by atoms with van der Waals surface area (Å²) < 4.78 is 50.3. The second-order valence-corrected chi connectivity index (χ2v) is 8.72. The molecule has 0 aliphatic carbocycles. The van der Waals surface area contributed by atoms with Crippen molar-refractivity contribution in [3.63, 3.8) is 0 Å². The van der Waals surface area contributed by atoms with E-state index in [-0.39, 0.29) is 23.8 Å². The van der Waals surface area contributed by atoms with Gasteiger partial charge in [0.1, 0.15) is 23.7 Å². The van der Waals surface area contributed by atoms with Crippen LogP contribution in [0.1, 0.15) is 41.5 Å². The predicted octanol–water partition coefficient (Wildman–Crippen LogP) is 6.89. The Balaban J connectivity index is 1.61. The Morgan fingerprint density at radius 2 is 1.78 bits per heavy atom. The molecule has 0 aliphatic heterocycles. The fraction of sp³-hybridized carbons (Fsp3) is 0.192. The van der Waals surface area contributed by atoms with E-state index in [2.05, 4.69) is 15.0 Å². The number of nitrogens with zero attached hydrogens (tertiary/aromatic N) is 3. The summed E-state index contributed by atoms with van der Waals surface area (Å²) in [6, 6.07) is 17.0. The van der Waals surface area contributed by atoms with Crippen LogP contribution in [0.15, 0.2) is 66.7 Å². The van der Waals surface area contributed by atoms with Crippen molar-refractivity contribution in [1.82, 2.24) is 15.0 Å². The quantitative estimate of drug-likeness (QED) is 0.266. The molecule has 0 bridgehead atoms. The van der Waals surface area contributed by atoms with Gasteiger partial charge in [0.05, 0.1) is 16.3 Å². The number of carboxylic acids is 1. The van der Waals surface area contributed by atoms with Crippen LogP contribution in [0.5, 0.6) is 11.5 Å². The summed E-state index contributed by atoms with van der Waals surface area (Å²) >= 11 is 6.47. The number of ether oxygens (including phenoxy) is 2. The maximum absolute atomic E-state index is 13.0. The normalized spacial score (nSPS) is 11.5. The minimum atomic E-state index is -4.87. The number of hydrogen-bond donors (Lipinski definition) is 1. The molecule has 0 aliphatic rings. The van der Waals surface area contributed by atoms with Crippen molar-refractivity contribution in [3.05, 3.63) is 88.7 Å². The van der Waals surface area contributed by atoms with Crippen LogP contribution in [0.2, 0.25) is 5.02 Å². The lowest BCUT2D eigenvalue weighted by atomic mass is 10.0. The third-order valence-electron chi connectivity index (χ3n) is 5.42. The monoisotopic (exact) mass is 531 g/mol.